The van der Waals surface area contributed by atoms with Crippen molar-refractivity contribution in [3.8, 4) is 0 Å². The first kappa shape index (κ1) is 14.3. The predicted molar refractivity (Wildman–Crippen MR) is 75.6 cm³/mol. The van der Waals surface area contributed by atoms with Gasteiger partial charge in [0.2, 0.25) is 0 Å². The van der Waals surface area contributed by atoms with Crippen molar-refractivity contribution in [2.24, 2.45) is 0 Å². The number of hydrogen-bond donors (Lipinski definition) is 0. The molecule has 104 valence electrons. The molecule has 2 rings (SSSR count). The average molecular weight is 280 g/mol. The van der Waals surface area contributed by atoms with Gasteiger partial charge in [-0.2, -0.15) is 0 Å². The molecule has 1 aromatic carbocycles. The summed E-state index contributed by atoms with van der Waals surface area (Å²) in [5.74, 6) is 0.468. The number of Topliss-reactive ketones (excluding diaryl/α,β-unsaturated/α-hetero) is 1. The van der Waals surface area contributed by atoms with Crippen molar-refractivity contribution in [1.82, 2.24) is 0 Å². The smallest absolute Gasteiger partial charge is 0.178 e. The van der Waals surface area contributed by atoms with Gasteiger partial charge in [-0.25, -0.2) is 8.42 Å². The monoisotopic (exact) mass is 280 g/mol. The molecule has 1 atom stereocenters. The minimum Gasteiger partial charge on any atom is -0.295 e. The minimum absolute atomic E-state index is 0.00113. The summed E-state index contributed by atoms with van der Waals surface area (Å²) in [6.45, 7) is 7.27. The molecule has 1 aliphatic rings. The van der Waals surface area contributed by atoms with Crippen LogP contribution in [-0.4, -0.2) is 20.0 Å². The highest BCUT2D eigenvalue weighted by Crippen LogP contribution is 2.40. The Balaban J connectivity index is 2.86. The van der Waals surface area contributed by atoms with E-state index in [9.17, 15) is 13.2 Å². The molecule has 0 bridgehead atoms. The molecule has 3 nitrogen and oxygen atoms in total. The Kier molecular flexibility index (Phi) is 3.56. The third kappa shape index (κ3) is 2.22. The van der Waals surface area contributed by atoms with Gasteiger partial charge in [0, 0.05) is 5.56 Å². The molecular weight excluding hydrogens is 260 g/mol. The standard InChI is InChI=1S/C15H20O3S/c1-5-12-6-7-19(17,18)15-9(2)8-13(11(4)16)10(3)14(12)15/h8,12H,5-7H2,1-4H3. The molecule has 0 N–H and O–H groups in total. The number of sulfone groups is 1. The summed E-state index contributed by atoms with van der Waals surface area (Å²) in [4.78, 5) is 12.2. The van der Waals surface area contributed by atoms with Crippen LogP contribution >= 0.6 is 0 Å². The summed E-state index contributed by atoms with van der Waals surface area (Å²) in [5.41, 5.74) is 3.11. The van der Waals surface area contributed by atoms with Crippen molar-refractivity contribution >= 4 is 15.6 Å². The molecule has 0 saturated carbocycles. The summed E-state index contributed by atoms with van der Waals surface area (Å²) in [7, 11) is -3.19. The van der Waals surface area contributed by atoms with E-state index in [-0.39, 0.29) is 17.5 Å². The van der Waals surface area contributed by atoms with Gasteiger partial charge in [-0.05, 0) is 62.3 Å². The zero-order valence-corrected chi connectivity index (χ0v) is 12.7. The maximum atomic E-state index is 12.3. The normalized spacial score (nSPS) is 20.9. The highest BCUT2D eigenvalue weighted by atomic mass is 32.2. The van der Waals surface area contributed by atoms with Crippen LogP contribution in [0, 0.1) is 13.8 Å². The fraction of sp³-hybridized carbons (Fsp3) is 0.533. The van der Waals surface area contributed by atoms with Crippen molar-refractivity contribution in [3.05, 3.63) is 28.3 Å². The quantitative estimate of drug-likeness (QED) is 0.782. The topological polar surface area (TPSA) is 51.2 Å². The number of ketones is 1. The number of hydrogen-bond acceptors (Lipinski definition) is 3. The van der Waals surface area contributed by atoms with Gasteiger partial charge in [-0.15, -0.1) is 0 Å². The zero-order valence-electron chi connectivity index (χ0n) is 11.9. The Labute approximate surface area is 114 Å². The Morgan fingerprint density at radius 3 is 2.53 bits per heavy atom. The first-order valence-electron chi connectivity index (χ1n) is 6.67. The fourth-order valence-corrected chi connectivity index (χ4v) is 5.14. The molecule has 0 fully saturated rings. The molecule has 0 aliphatic carbocycles. The summed E-state index contributed by atoms with van der Waals surface area (Å²) in [6.07, 6.45) is 1.57. The average Bonchev–Trinajstić information content (AvgIpc) is 2.32. The molecule has 0 spiro atoms. The third-order valence-electron chi connectivity index (χ3n) is 4.10. The number of fused-ring (bicyclic) bond motifs is 1. The van der Waals surface area contributed by atoms with E-state index in [2.05, 4.69) is 6.92 Å². The van der Waals surface area contributed by atoms with Crippen molar-refractivity contribution in [3.63, 3.8) is 0 Å². The molecule has 1 aromatic rings. The first-order valence-corrected chi connectivity index (χ1v) is 8.32. The van der Waals surface area contributed by atoms with Crippen LogP contribution in [0.3, 0.4) is 0 Å². The Morgan fingerprint density at radius 1 is 1.37 bits per heavy atom. The number of carbonyl (C=O) groups is 1. The zero-order chi connectivity index (χ0) is 14.4. The van der Waals surface area contributed by atoms with Gasteiger partial charge < -0.3 is 0 Å². The Hall–Kier alpha value is -1.16. The summed E-state index contributed by atoms with van der Waals surface area (Å²) in [6, 6.07) is 1.73. The molecule has 1 heterocycles. The van der Waals surface area contributed by atoms with E-state index in [4.69, 9.17) is 0 Å². The molecule has 0 amide bonds. The van der Waals surface area contributed by atoms with E-state index in [1.807, 2.05) is 6.92 Å². The number of aryl methyl sites for hydroxylation is 1. The summed E-state index contributed by atoms with van der Waals surface area (Å²) >= 11 is 0. The lowest BCUT2D eigenvalue weighted by atomic mass is 9.85. The van der Waals surface area contributed by atoms with E-state index in [1.54, 1.807) is 13.0 Å². The molecule has 0 radical (unpaired) electrons. The van der Waals surface area contributed by atoms with Crippen LogP contribution in [0.4, 0.5) is 0 Å². The lowest BCUT2D eigenvalue weighted by molar-refractivity contribution is 0.101. The molecule has 0 saturated heterocycles. The molecule has 1 unspecified atom stereocenters. The Bertz CT molecular complexity index is 642. The number of rotatable bonds is 2. The van der Waals surface area contributed by atoms with Crippen LogP contribution in [-0.2, 0) is 9.84 Å². The van der Waals surface area contributed by atoms with E-state index >= 15 is 0 Å². The van der Waals surface area contributed by atoms with Crippen LogP contribution in [0.25, 0.3) is 0 Å². The lowest BCUT2D eigenvalue weighted by Gasteiger charge is -2.29. The van der Waals surface area contributed by atoms with Crippen molar-refractivity contribution in [2.45, 2.75) is 51.3 Å². The van der Waals surface area contributed by atoms with Crippen molar-refractivity contribution < 1.29 is 13.2 Å². The van der Waals surface area contributed by atoms with Crippen LogP contribution in [0.15, 0.2) is 11.0 Å². The molecular formula is C15H20O3S. The highest BCUT2D eigenvalue weighted by molar-refractivity contribution is 7.91. The largest absolute Gasteiger partial charge is 0.295 e. The first-order chi connectivity index (χ1) is 8.79. The molecule has 1 aliphatic heterocycles. The van der Waals surface area contributed by atoms with Crippen LogP contribution in [0.1, 0.15) is 59.7 Å². The van der Waals surface area contributed by atoms with Crippen LogP contribution in [0.5, 0.6) is 0 Å². The summed E-state index contributed by atoms with van der Waals surface area (Å²) in [5, 5.41) is 0. The van der Waals surface area contributed by atoms with Gasteiger partial charge >= 0.3 is 0 Å². The predicted octanol–water partition coefficient (Wildman–Crippen LogP) is 3.18. The number of benzene rings is 1. The van der Waals surface area contributed by atoms with E-state index in [0.717, 1.165) is 17.5 Å². The van der Waals surface area contributed by atoms with E-state index in [0.29, 0.717) is 22.4 Å². The Morgan fingerprint density at radius 2 is 2.00 bits per heavy atom. The lowest BCUT2D eigenvalue weighted by Crippen LogP contribution is -2.23. The van der Waals surface area contributed by atoms with Gasteiger partial charge in [0.1, 0.15) is 0 Å². The maximum Gasteiger partial charge on any atom is 0.178 e. The second-order valence-electron chi connectivity index (χ2n) is 5.38. The van der Waals surface area contributed by atoms with E-state index < -0.39 is 9.84 Å². The van der Waals surface area contributed by atoms with Gasteiger partial charge in [-0.1, -0.05) is 6.92 Å². The fourth-order valence-electron chi connectivity index (χ4n) is 3.14. The maximum absolute atomic E-state index is 12.3. The SMILES string of the molecule is CCC1CCS(=O)(=O)c2c(C)cc(C(C)=O)c(C)c21. The number of carbonyl (C=O) groups excluding carboxylic acids is 1. The van der Waals surface area contributed by atoms with Gasteiger partial charge in [0.25, 0.3) is 0 Å². The van der Waals surface area contributed by atoms with Gasteiger partial charge in [-0.3, -0.25) is 4.79 Å². The van der Waals surface area contributed by atoms with Gasteiger partial charge in [0.05, 0.1) is 10.6 Å². The second kappa shape index (κ2) is 4.75. The van der Waals surface area contributed by atoms with Crippen molar-refractivity contribution in [1.29, 1.82) is 0 Å². The second-order valence-corrected chi connectivity index (χ2v) is 7.42. The third-order valence-corrected chi connectivity index (χ3v) is 6.04. The minimum atomic E-state index is -3.19. The van der Waals surface area contributed by atoms with E-state index in [1.165, 1.54) is 6.92 Å². The summed E-state index contributed by atoms with van der Waals surface area (Å²) < 4.78 is 24.6. The van der Waals surface area contributed by atoms with Crippen LogP contribution < -0.4 is 0 Å². The molecule has 4 heteroatoms. The highest BCUT2D eigenvalue weighted by Gasteiger charge is 2.33. The van der Waals surface area contributed by atoms with Gasteiger partial charge in [0.15, 0.2) is 15.6 Å². The molecule has 19 heavy (non-hydrogen) atoms. The van der Waals surface area contributed by atoms with Crippen molar-refractivity contribution in [2.75, 3.05) is 5.75 Å². The molecule has 0 aromatic heterocycles. The van der Waals surface area contributed by atoms with Crippen LogP contribution in [0.2, 0.25) is 0 Å².